The minimum Gasteiger partial charge on any atom is -0.399 e. The van der Waals surface area contributed by atoms with Gasteiger partial charge in [0.2, 0.25) is 10.0 Å². The van der Waals surface area contributed by atoms with Crippen LogP contribution in [-0.2, 0) is 10.0 Å². The highest BCUT2D eigenvalue weighted by Crippen LogP contribution is 2.23. The Labute approximate surface area is 119 Å². The molecule has 1 aromatic rings. The van der Waals surface area contributed by atoms with Crippen molar-refractivity contribution >= 4 is 15.7 Å². The van der Waals surface area contributed by atoms with E-state index in [0.717, 1.165) is 25.1 Å². The largest absolute Gasteiger partial charge is 0.399 e. The first-order valence-electron chi connectivity index (χ1n) is 6.57. The van der Waals surface area contributed by atoms with Crippen molar-refractivity contribution in [1.82, 2.24) is 9.21 Å². The Balaban J connectivity index is 2.38. The Morgan fingerprint density at radius 1 is 1.30 bits per heavy atom. The van der Waals surface area contributed by atoms with Crippen LogP contribution < -0.4 is 5.73 Å². The molecular formula is C13H20FN3O2S. The van der Waals surface area contributed by atoms with Crippen molar-refractivity contribution in [2.24, 2.45) is 0 Å². The van der Waals surface area contributed by atoms with E-state index in [-0.39, 0.29) is 16.6 Å². The van der Waals surface area contributed by atoms with Crippen molar-refractivity contribution in [3.05, 3.63) is 24.0 Å². The summed E-state index contributed by atoms with van der Waals surface area (Å²) in [6.07, 6.45) is 0.755. The van der Waals surface area contributed by atoms with Crippen molar-refractivity contribution in [3.8, 4) is 0 Å². The van der Waals surface area contributed by atoms with Crippen molar-refractivity contribution in [2.45, 2.75) is 24.3 Å². The summed E-state index contributed by atoms with van der Waals surface area (Å²) in [5.41, 5.74) is 5.66. The van der Waals surface area contributed by atoms with Gasteiger partial charge in [-0.2, -0.15) is 4.31 Å². The van der Waals surface area contributed by atoms with Gasteiger partial charge in [0.25, 0.3) is 0 Å². The molecule has 0 aromatic heterocycles. The summed E-state index contributed by atoms with van der Waals surface area (Å²) >= 11 is 0. The van der Waals surface area contributed by atoms with Crippen LogP contribution in [0.4, 0.5) is 10.1 Å². The Morgan fingerprint density at radius 3 is 2.65 bits per heavy atom. The molecule has 1 heterocycles. The van der Waals surface area contributed by atoms with Gasteiger partial charge in [-0.1, -0.05) is 0 Å². The maximum Gasteiger partial charge on any atom is 0.243 e. The van der Waals surface area contributed by atoms with Gasteiger partial charge < -0.3 is 10.6 Å². The highest BCUT2D eigenvalue weighted by molar-refractivity contribution is 7.89. The first-order chi connectivity index (χ1) is 9.30. The van der Waals surface area contributed by atoms with E-state index >= 15 is 0 Å². The molecule has 7 heteroatoms. The van der Waals surface area contributed by atoms with Gasteiger partial charge in [0.15, 0.2) is 0 Å². The van der Waals surface area contributed by atoms with E-state index in [4.69, 9.17) is 5.73 Å². The molecule has 0 spiro atoms. The summed E-state index contributed by atoms with van der Waals surface area (Å²) < 4.78 is 40.1. The number of nitrogen functional groups attached to an aromatic ring is 1. The maximum absolute atomic E-state index is 13.4. The van der Waals surface area contributed by atoms with Gasteiger partial charge in [0.05, 0.1) is 4.90 Å². The number of anilines is 1. The number of benzene rings is 1. The molecule has 1 aliphatic rings. The Morgan fingerprint density at radius 2 is 2.00 bits per heavy atom. The lowest BCUT2D eigenvalue weighted by Gasteiger charge is -2.27. The van der Waals surface area contributed by atoms with Gasteiger partial charge in [0, 0.05) is 24.8 Å². The number of nitrogens with two attached hydrogens (primary N) is 1. The molecule has 0 amide bonds. The molecule has 1 fully saturated rings. The molecule has 0 aliphatic carbocycles. The smallest absolute Gasteiger partial charge is 0.243 e. The van der Waals surface area contributed by atoms with Crippen LogP contribution in [0.25, 0.3) is 0 Å². The molecule has 0 radical (unpaired) electrons. The fourth-order valence-corrected chi connectivity index (χ4v) is 4.30. The molecule has 2 rings (SSSR count). The Kier molecular flexibility index (Phi) is 4.31. The summed E-state index contributed by atoms with van der Waals surface area (Å²) in [6.45, 7) is 3.80. The molecule has 0 saturated carbocycles. The minimum atomic E-state index is -3.72. The van der Waals surface area contributed by atoms with E-state index in [1.807, 2.05) is 14.0 Å². The second kappa shape index (κ2) is 5.67. The van der Waals surface area contributed by atoms with Crippen LogP contribution in [0.2, 0.25) is 0 Å². The molecular weight excluding hydrogens is 281 g/mol. The summed E-state index contributed by atoms with van der Waals surface area (Å²) in [6, 6.07) is 3.28. The standard InChI is InChI=1S/C13H20FN3O2S/c1-10-9-16(2)4-3-5-17(10)20(18,19)13-7-11(14)6-12(15)8-13/h6-8,10H,3-5,9,15H2,1-2H3. The lowest BCUT2D eigenvalue weighted by atomic mass is 10.3. The van der Waals surface area contributed by atoms with Crippen molar-refractivity contribution in [3.63, 3.8) is 0 Å². The molecule has 1 aromatic carbocycles. The van der Waals surface area contributed by atoms with Gasteiger partial charge in [-0.05, 0) is 45.1 Å². The second-order valence-electron chi connectivity index (χ2n) is 5.30. The number of nitrogens with zero attached hydrogens (tertiary/aromatic N) is 2. The quantitative estimate of drug-likeness (QED) is 0.831. The Hall–Kier alpha value is -1.18. The van der Waals surface area contributed by atoms with Crippen molar-refractivity contribution in [1.29, 1.82) is 0 Å². The fourth-order valence-electron chi connectivity index (χ4n) is 2.58. The van der Waals surface area contributed by atoms with Crippen molar-refractivity contribution in [2.75, 3.05) is 32.4 Å². The average Bonchev–Trinajstić information content (AvgIpc) is 2.49. The molecule has 5 nitrogen and oxygen atoms in total. The summed E-state index contributed by atoms with van der Waals surface area (Å²) in [7, 11) is -1.75. The molecule has 0 bridgehead atoms. The predicted molar refractivity (Wildman–Crippen MR) is 76.3 cm³/mol. The molecule has 20 heavy (non-hydrogen) atoms. The third-order valence-corrected chi connectivity index (χ3v) is 5.48. The monoisotopic (exact) mass is 301 g/mol. The van der Waals surface area contributed by atoms with E-state index < -0.39 is 15.8 Å². The number of hydrogen-bond donors (Lipinski definition) is 1. The number of sulfonamides is 1. The maximum atomic E-state index is 13.4. The van der Waals surface area contributed by atoms with Gasteiger partial charge >= 0.3 is 0 Å². The van der Waals surface area contributed by atoms with Crippen LogP contribution in [0, 0.1) is 5.82 Å². The van der Waals surface area contributed by atoms with E-state index in [1.54, 1.807) is 0 Å². The minimum absolute atomic E-state index is 0.0774. The zero-order valence-corrected chi connectivity index (χ0v) is 12.5. The first kappa shape index (κ1) is 15.2. The number of halogens is 1. The van der Waals surface area contributed by atoms with Crippen LogP contribution in [0.1, 0.15) is 13.3 Å². The third kappa shape index (κ3) is 3.11. The predicted octanol–water partition coefficient (Wildman–Crippen LogP) is 1.12. The first-order valence-corrected chi connectivity index (χ1v) is 8.01. The van der Waals surface area contributed by atoms with E-state index in [9.17, 15) is 12.8 Å². The number of rotatable bonds is 2. The summed E-state index contributed by atoms with van der Waals surface area (Å²) in [4.78, 5) is 2.02. The molecule has 1 saturated heterocycles. The van der Waals surface area contributed by atoms with E-state index in [2.05, 4.69) is 4.90 Å². The Bertz CT molecular complexity index is 571. The van der Waals surface area contributed by atoms with Crippen LogP contribution >= 0.6 is 0 Å². The number of likely N-dealkylation sites (N-methyl/N-ethyl adjacent to an activating group) is 1. The fraction of sp³-hybridized carbons (Fsp3) is 0.538. The molecule has 112 valence electrons. The van der Waals surface area contributed by atoms with Crippen molar-refractivity contribution < 1.29 is 12.8 Å². The highest BCUT2D eigenvalue weighted by Gasteiger charge is 2.31. The van der Waals surface area contributed by atoms with Crippen LogP contribution in [0.5, 0.6) is 0 Å². The van der Waals surface area contributed by atoms with Crippen LogP contribution in [0.3, 0.4) is 0 Å². The highest BCUT2D eigenvalue weighted by atomic mass is 32.2. The second-order valence-corrected chi connectivity index (χ2v) is 7.19. The molecule has 1 atom stereocenters. The molecule has 1 unspecified atom stereocenters. The lowest BCUT2D eigenvalue weighted by molar-refractivity contribution is 0.290. The van der Waals surface area contributed by atoms with E-state index in [0.29, 0.717) is 13.1 Å². The average molecular weight is 301 g/mol. The van der Waals surface area contributed by atoms with Crippen LogP contribution in [-0.4, -0.2) is 50.3 Å². The lowest BCUT2D eigenvalue weighted by Crippen LogP contribution is -2.41. The van der Waals surface area contributed by atoms with Gasteiger partial charge in [-0.15, -0.1) is 0 Å². The van der Waals surface area contributed by atoms with Gasteiger partial charge in [0.1, 0.15) is 5.82 Å². The number of hydrogen-bond acceptors (Lipinski definition) is 4. The third-order valence-electron chi connectivity index (χ3n) is 3.49. The van der Waals surface area contributed by atoms with E-state index in [1.165, 1.54) is 10.4 Å². The summed E-state index contributed by atoms with van der Waals surface area (Å²) in [5, 5.41) is 0. The van der Waals surface area contributed by atoms with Gasteiger partial charge in [-0.25, -0.2) is 12.8 Å². The summed E-state index contributed by atoms with van der Waals surface area (Å²) in [5.74, 6) is -0.636. The zero-order valence-electron chi connectivity index (χ0n) is 11.7. The topological polar surface area (TPSA) is 66.6 Å². The SMILES string of the molecule is CC1CN(C)CCCN1S(=O)(=O)c1cc(N)cc(F)c1. The van der Waals surface area contributed by atoms with Crippen LogP contribution in [0.15, 0.2) is 23.1 Å². The zero-order chi connectivity index (χ0) is 14.9. The van der Waals surface area contributed by atoms with Gasteiger partial charge in [-0.3, -0.25) is 0 Å². The molecule has 1 aliphatic heterocycles. The molecule has 2 N–H and O–H groups in total. The normalized spacial score (nSPS) is 22.6.